The molecule has 1 unspecified atom stereocenters. The number of hydrogen-bond acceptors (Lipinski definition) is 4. The molecule has 2 rings (SSSR count). The second kappa shape index (κ2) is 7.40. The molecule has 1 aromatic rings. The first kappa shape index (κ1) is 18.5. The Hall–Kier alpha value is -1.80. The summed E-state index contributed by atoms with van der Waals surface area (Å²) < 4.78 is 31.2. The van der Waals surface area contributed by atoms with Crippen LogP contribution < -0.4 is 20.1 Å². The minimum atomic E-state index is -3.26. The first-order valence-electron chi connectivity index (χ1n) is 7.86. The van der Waals surface area contributed by atoms with Gasteiger partial charge in [-0.25, -0.2) is 13.1 Å². The molecule has 0 spiro atoms. The van der Waals surface area contributed by atoms with Crippen LogP contribution in [-0.4, -0.2) is 52.4 Å². The highest BCUT2D eigenvalue weighted by molar-refractivity contribution is 7.88. The summed E-state index contributed by atoms with van der Waals surface area (Å²) in [5, 5.41) is 6.35. The van der Waals surface area contributed by atoms with Crippen molar-refractivity contribution < 1.29 is 13.2 Å². The van der Waals surface area contributed by atoms with Crippen molar-refractivity contribution in [3.63, 3.8) is 0 Å². The molecule has 0 aromatic heterocycles. The minimum absolute atomic E-state index is 0.0584. The topological polar surface area (TPSA) is 91.8 Å². The summed E-state index contributed by atoms with van der Waals surface area (Å²) in [5.74, 6) is 1.55. The number of sulfonamides is 1. The van der Waals surface area contributed by atoms with Gasteiger partial charge in [-0.1, -0.05) is 18.2 Å². The molecule has 0 amide bonds. The van der Waals surface area contributed by atoms with Crippen LogP contribution >= 0.6 is 0 Å². The number of fused-ring (bicyclic) bond motifs is 1. The Morgan fingerprint density at radius 2 is 2.04 bits per heavy atom. The number of guanidine groups is 1. The van der Waals surface area contributed by atoms with Crippen molar-refractivity contribution in [3.8, 4) is 5.75 Å². The van der Waals surface area contributed by atoms with Crippen molar-refractivity contribution >= 4 is 16.0 Å². The molecule has 0 saturated carbocycles. The van der Waals surface area contributed by atoms with Crippen LogP contribution in [0.4, 0.5) is 0 Å². The van der Waals surface area contributed by atoms with Crippen LogP contribution in [0.1, 0.15) is 19.4 Å². The van der Waals surface area contributed by atoms with E-state index in [2.05, 4.69) is 26.4 Å². The van der Waals surface area contributed by atoms with E-state index in [9.17, 15) is 8.42 Å². The highest BCUT2D eigenvalue weighted by atomic mass is 32.2. The maximum atomic E-state index is 11.4. The summed E-state index contributed by atoms with van der Waals surface area (Å²) in [6, 6.07) is 8.02. The molecule has 0 radical (unpaired) electrons. The normalized spacial score (nSPS) is 18.0. The third kappa shape index (κ3) is 5.68. The predicted octanol–water partition coefficient (Wildman–Crippen LogP) is 0.483. The van der Waals surface area contributed by atoms with Gasteiger partial charge in [0.05, 0.1) is 12.8 Å². The monoisotopic (exact) mass is 354 g/mol. The van der Waals surface area contributed by atoms with Crippen molar-refractivity contribution in [1.29, 1.82) is 0 Å². The van der Waals surface area contributed by atoms with Crippen LogP contribution in [0, 0.1) is 0 Å². The van der Waals surface area contributed by atoms with Gasteiger partial charge in [0, 0.05) is 25.6 Å². The van der Waals surface area contributed by atoms with E-state index >= 15 is 0 Å². The van der Waals surface area contributed by atoms with Crippen LogP contribution in [0.5, 0.6) is 5.75 Å². The zero-order chi connectivity index (χ0) is 17.8. The molecule has 1 aromatic carbocycles. The van der Waals surface area contributed by atoms with E-state index in [1.165, 1.54) is 5.56 Å². The fraction of sp³-hybridized carbons (Fsp3) is 0.562. The third-order valence-electron chi connectivity index (χ3n) is 3.59. The minimum Gasteiger partial charge on any atom is -0.488 e. The molecule has 1 aliphatic heterocycles. The number of rotatable bonds is 6. The number of hydrogen-bond donors (Lipinski definition) is 3. The molecular formula is C16H26N4O3S. The lowest BCUT2D eigenvalue weighted by Gasteiger charge is -2.26. The summed E-state index contributed by atoms with van der Waals surface area (Å²) in [6.45, 7) is 4.65. The first-order valence-corrected chi connectivity index (χ1v) is 9.76. The Balaban J connectivity index is 1.80. The van der Waals surface area contributed by atoms with Crippen molar-refractivity contribution in [2.75, 3.05) is 26.4 Å². The van der Waals surface area contributed by atoms with Crippen LogP contribution in [0.2, 0.25) is 0 Å². The number of ether oxygens (including phenoxy) is 1. The Labute approximate surface area is 143 Å². The molecule has 24 heavy (non-hydrogen) atoms. The first-order chi connectivity index (χ1) is 11.2. The average Bonchev–Trinajstić information content (AvgIpc) is 2.87. The van der Waals surface area contributed by atoms with Crippen molar-refractivity contribution in [2.24, 2.45) is 4.99 Å². The summed E-state index contributed by atoms with van der Waals surface area (Å²) in [7, 11) is -1.59. The molecule has 3 N–H and O–H groups in total. The van der Waals surface area contributed by atoms with E-state index < -0.39 is 15.6 Å². The van der Waals surface area contributed by atoms with Crippen LogP contribution in [0.3, 0.4) is 0 Å². The quantitative estimate of drug-likeness (QED) is 0.511. The highest BCUT2D eigenvalue weighted by Crippen LogP contribution is 2.27. The van der Waals surface area contributed by atoms with Gasteiger partial charge in [0.2, 0.25) is 10.0 Å². The summed E-state index contributed by atoms with van der Waals surface area (Å²) >= 11 is 0. The van der Waals surface area contributed by atoms with Crippen molar-refractivity contribution in [2.45, 2.75) is 31.9 Å². The van der Waals surface area contributed by atoms with E-state index in [1.807, 2.05) is 32.0 Å². The van der Waals surface area contributed by atoms with Gasteiger partial charge in [-0.2, -0.15) is 0 Å². The zero-order valence-corrected chi connectivity index (χ0v) is 15.4. The number of aliphatic imine (C=N–C) groups is 1. The predicted molar refractivity (Wildman–Crippen MR) is 96.0 cm³/mol. The van der Waals surface area contributed by atoms with E-state index in [0.717, 1.165) is 18.4 Å². The van der Waals surface area contributed by atoms with Gasteiger partial charge in [0.1, 0.15) is 11.9 Å². The van der Waals surface area contributed by atoms with Gasteiger partial charge in [0.15, 0.2) is 5.96 Å². The molecule has 8 heteroatoms. The fourth-order valence-corrected chi connectivity index (χ4v) is 3.72. The third-order valence-corrected chi connectivity index (χ3v) is 4.52. The standard InChI is InChI=1S/C16H26N4O3S/c1-16(2,20-24(4,21)22)11-19-15(17-3)18-10-13-9-12-7-5-6-8-14(12)23-13/h5-8,13,20H,9-11H2,1-4H3,(H2,17,18,19). The average molecular weight is 354 g/mol. The maximum Gasteiger partial charge on any atom is 0.209 e. The summed E-state index contributed by atoms with van der Waals surface area (Å²) in [6.07, 6.45) is 2.07. The smallest absolute Gasteiger partial charge is 0.209 e. The molecule has 0 saturated heterocycles. The SMILES string of the molecule is CN=C(NCC1Cc2ccccc2O1)NCC(C)(C)NS(C)(=O)=O. The van der Waals surface area contributed by atoms with Crippen LogP contribution in [-0.2, 0) is 16.4 Å². The largest absolute Gasteiger partial charge is 0.488 e. The lowest BCUT2D eigenvalue weighted by atomic mass is 10.1. The molecule has 1 aliphatic rings. The Bertz CT molecular complexity index is 676. The number of nitrogens with one attached hydrogen (secondary N) is 3. The number of nitrogens with zero attached hydrogens (tertiary/aromatic N) is 1. The van der Waals surface area contributed by atoms with Crippen molar-refractivity contribution in [3.05, 3.63) is 29.8 Å². The second-order valence-corrected chi connectivity index (χ2v) is 8.36. The van der Waals surface area contributed by atoms with E-state index in [4.69, 9.17) is 4.74 Å². The lowest BCUT2D eigenvalue weighted by molar-refractivity contribution is 0.235. The van der Waals surface area contributed by atoms with E-state index in [0.29, 0.717) is 19.0 Å². The van der Waals surface area contributed by atoms with Crippen molar-refractivity contribution in [1.82, 2.24) is 15.4 Å². The molecule has 0 bridgehead atoms. The summed E-state index contributed by atoms with van der Waals surface area (Å²) in [5.41, 5.74) is 0.594. The number of para-hydroxylation sites is 1. The van der Waals surface area contributed by atoms with E-state index in [-0.39, 0.29) is 6.10 Å². The van der Waals surface area contributed by atoms with Crippen LogP contribution in [0.25, 0.3) is 0 Å². The van der Waals surface area contributed by atoms with Gasteiger partial charge >= 0.3 is 0 Å². The summed E-state index contributed by atoms with van der Waals surface area (Å²) in [4.78, 5) is 4.16. The number of benzene rings is 1. The molecular weight excluding hydrogens is 328 g/mol. The fourth-order valence-electron chi connectivity index (χ4n) is 2.64. The van der Waals surface area contributed by atoms with Crippen LogP contribution in [0.15, 0.2) is 29.3 Å². The molecule has 1 heterocycles. The Morgan fingerprint density at radius 1 is 1.33 bits per heavy atom. The zero-order valence-electron chi connectivity index (χ0n) is 14.6. The Kier molecular flexibility index (Phi) is 5.71. The molecule has 1 atom stereocenters. The molecule has 0 fully saturated rings. The highest BCUT2D eigenvalue weighted by Gasteiger charge is 2.24. The van der Waals surface area contributed by atoms with Gasteiger partial charge < -0.3 is 15.4 Å². The molecule has 0 aliphatic carbocycles. The lowest BCUT2D eigenvalue weighted by Crippen LogP contribution is -2.53. The maximum absolute atomic E-state index is 11.4. The van der Waals surface area contributed by atoms with E-state index in [1.54, 1.807) is 7.05 Å². The van der Waals surface area contributed by atoms with Gasteiger partial charge in [0.25, 0.3) is 0 Å². The molecule has 134 valence electrons. The van der Waals surface area contributed by atoms with Gasteiger partial charge in [-0.3, -0.25) is 4.99 Å². The van der Waals surface area contributed by atoms with Gasteiger partial charge in [-0.05, 0) is 25.5 Å². The molecule has 7 nitrogen and oxygen atoms in total. The Morgan fingerprint density at radius 3 is 2.67 bits per heavy atom. The second-order valence-electron chi connectivity index (χ2n) is 6.62. The van der Waals surface area contributed by atoms with Gasteiger partial charge in [-0.15, -0.1) is 0 Å².